The molecular weight excluding hydrogens is 278 g/mol. The third-order valence-corrected chi connectivity index (χ3v) is 3.54. The fraction of sp³-hybridized carbons (Fsp3) is 0.429. The summed E-state index contributed by atoms with van der Waals surface area (Å²) < 4.78 is 32.1. The summed E-state index contributed by atoms with van der Waals surface area (Å²) in [6.45, 7) is 1.62. The Morgan fingerprint density at radius 3 is 2.86 bits per heavy atom. The molecule has 0 N–H and O–H groups in total. The van der Waals surface area contributed by atoms with E-state index in [1.807, 2.05) is 19.0 Å². The molecular formula is C14H16F2N4O. The quantitative estimate of drug-likeness (QED) is 0.866. The van der Waals surface area contributed by atoms with Crippen LogP contribution in [0.15, 0.2) is 16.7 Å². The molecule has 2 aromatic rings. The predicted octanol–water partition coefficient (Wildman–Crippen LogP) is 1.97. The number of hydrogen-bond donors (Lipinski definition) is 0. The summed E-state index contributed by atoms with van der Waals surface area (Å²) in [5.74, 6) is 0.0108. The third-order valence-electron chi connectivity index (χ3n) is 3.54. The summed E-state index contributed by atoms with van der Waals surface area (Å²) >= 11 is 0. The maximum absolute atomic E-state index is 13.7. The van der Waals surface area contributed by atoms with Crippen LogP contribution in [-0.4, -0.2) is 35.7 Å². The fourth-order valence-electron chi connectivity index (χ4n) is 2.49. The fourth-order valence-corrected chi connectivity index (χ4v) is 2.49. The Morgan fingerprint density at radius 1 is 1.33 bits per heavy atom. The Bertz CT molecular complexity index is 656. The topological polar surface area (TPSA) is 45.4 Å². The smallest absolute Gasteiger partial charge is 0.265 e. The van der Waals surface area contributed by atoms with Crippen LogP contribution in [0.1, 0.15) is 17.0 Å². The molecule has 112 valence electrons. The highest BCUT2D eigenvalue weighted by Gasteiger charge is 2.22. The van der Waals surface area contributed by atoms with Crippen LogP contribution in [0.25, 0.3) is 0 Å². The molecule has 3 rings (SSSR count). The highest BCUT2D eigenvalue weighted by Crippen LogP contribution is 2.24. The van der Waals surface area contributed by atoms with Gasteiger partial charge in [0.15, 0.2) is 0 Å². The van der Waals surface area contributed by atoms with Crippen molar-refractivity contribution < 1.29 is 13.3 Å². The maximum atomic E-state index is 13.7. The summed E-state index contributed by atoms with van der Waals surface area (Å²) in [4.78, 5) is 8.04. The lowest BCUT2D eigenvalue weighted by molar-refractivity contribution is 0.208. The van der Waals surface area contributed by atoms with Gasteiger partial charge < -0.3 is 9.42 Å². The van der Waals surface area contributed by atoms with E-state index in [9.17, 15) is 8.78 Å². The van der Waals surface area contributed by atoms with E-state index in [-0.39, 0.29) is 0 Å². The SMILES string of the molecule is CN(C)c1noc(CN2CCc3c(F)cc(F)cc3C2)n1. The number of fused-ring (bicyclic) bond motifs is 1. The van der Waals surface area contributed by atoms with Crippen LogP contribution in [-0.2, 0) is 19.5 Å². The Hall–Kier alpha value is -2.02. The minimum Gasteiger partial charge on any atom is -0.344 e. The van der Waals surface area contributed by atoms with E-state index in [2.05, 4.69) is 10.1 Å². The third kappa shape index (κ3) is 2.87. The molecule has 0 atom stereocenters. The van der Waals surface area contributed by atoms with Gasteiger partial charge in [-0.1, -0.05) is 0 Å². The molecule has 0 amide bonds. The molecule has 0 bridgehead atoms. The van der Waals surface area contributed by atoms with Gasteiger partial charge in [0.05, 0.1) is 6.54 Å². The second-order valence-corrected chi connectivity index (χ2v) is 5.37. The van der Waals surface area contributed by atoms with E-state index >= 15 is 0 Å². The first-order valence-electron chi connectivity index (χ1n) is 6.72. The molecule has 1 aromatic heterocycles. The number of halogens is 2. The van der Waals surface area contributed by atoms with Gasteiger partial charge >= 0.3 is 0 Å². The van der Waals surface area contributed by atoms with Crippen molar-refractivity contribution in [3.63, 3.8) is 0 Å². The second kappa shape index (κ2) is 5.40. The Morgan fingerprint density at radius 2 is 2.14 bits per heavy atom. The minimum atomic E-state index is -0.541. The largest absolute Gasteiger partial charge is 0.344 e. The van der Waals surface area contributed by atoms with Crippen molar-refractivity contribution in [1.82, 2.24) is 15.0 Å². The number of nitrogens with zero attached hydrogens (tertiary/aromatic N) is 4. The molecule has 0 saturated heterocycles. The molecule has 0 fully saturated rings. The Labute approximate surface area is 121 Å². The first kappa shape index (κ1) is 13.9. The van der Waals surface area contributed by atoms with E-state index in [1.54, 1.807) is 4.90 Å². The van der Waals surface area contributed by atoms with Gasteiger partial charge in [-0.15, -0.1) is 0 Å². The molecule has 5 nitrogen and oxygen atoms in total. The van der Waals surface area contributed by atoms with Crippen LogP contribution in [0.2, 0.25) is 0 Å². The van der Waals surface area contributed by atoms with Gasteiger partial charge in [0, 0.05) is 33.3 Å². The van der Waals surface area contributed by atoms with Crippen LogP contribution in [0, 0.1) is 11.6 Å². The van der Waals surface area contributed by atoms with Crippen molar-refractivity contribution in [2.24, 2.45) is 0 Å². The van der Waals surface area contributed by atoms with Crippen LogP contribution in [0.5, 0.6) is 0 Å². The lowest BCUT2D eigenvalue weighted by Gasteiger charge is -2.27. The second-order valence-electron chi connectivity index (χ2n) is 5.37. The van der Waals surface area contributed by atoms with Gasteiger partial charge in [-0.2, -0.15) is 4.98 Å². The monoisotopic (exact) mass is 294 g/mol. The number of aromatic nitrogens is 2. The van der Waals surface area contributed by atoms with E-state index in [4.69, 9.17) is 4.52 Å². The lowest BCUT2D eigenvalue weighted by atomic mass is 9.99. The highest BCUT2D eigenvalue weighted by molar-refractivity contribution is 5.31. The molecule has 0 spiro atoms. The van der Waals surface area contributed by atoms with Crippen molar-refractivity contribution in [3.05, 3.63) is 40.8 Å². The van der Waals surface area contributed by atoms with Gasteiger partial charge in [-0.3, -0.25) is 4.90 Å². The van der Waals surface area contributed by atoms with Crippen molar-refractivity contribution in [2.45, 2.75) is 19.5 Å². The zero-order chi connectivity index (χ0) is 15.0. The van der Waals surface area contributed by atoms with Crippen LogP contribution < -0.4 is 4.90 Å². The molecule has 0 unspecified atom stereocenters. The van der Waals surface area contributed by atoms with Gasteiger partial charge in [0.2, 0.25) is 5.89 Å². The number of anilines is 1. The van der Waals surface area contributed by atoms with E-state index < -0.39 is 11.6 Å². The average Bonchev–Trinajstić information content (AvgIpc) is 2.86. The first-order valence-corrected chi connectivity index (χ1v) is 6.72. The van der Waals surface area contributed by atoms with E-state index in [1.165, 1.54) is 6.07 Å². The summed E-state index contributed by atoms with van der Waals surface area (Å²) in [7, 11) is 3.66. The van der Waals surface area contributed by atoms with Gasteiger partial charge in [0.1, 0.15) is 11.6 Å². The average molecular weight is 294 g/mol. The molecule has 1 aliphatic rings. The molecule has 1 aliphatic heterocycles. The van der Waals surface area contributed by atoms with Gasteiger partial charge in [-0.05, 0) is 28.8 Å². The molecule has 7 heteroatoms. The van der Waals surface area contributed by atoms with E-state index in [0.717, 1.165) is 6.07 Å². The minimum absolute atomic E-state index is 0.461. The summed E-state index contributed by atoms with van der Waals surface area (Å²) in [6, 6.07) is 2.33. The van der Waals surface area contributed by atoms with Gasteiger partial charge in [-0.25, -0.2) is 8.78 Å². The van der Waals surface area contributed by atoms with Crippen molar-refractivity contribution in [3.8, 4) is 0 Å². The summed E-state index contributed by atoms with van der Waals surface area (Å²) in [6.07, 6.45) is 0.552. The standard InChI is InChI=1S/C14H16F2N4O/c1-19(2)14-17-13(21-18-14)8-20-4-3-11-9(7-20)5-10(15)6-12(11)16/h5-6H,3-4,7-8H2,1-2H3. The Balaban J connectivity index is 1.74. The molecule has 0 radical (unpaired) electrons. The number of benzene rings is 1. The highest BCUT2D eigenvalue weighted by atomic mass is 19.1. The normalized spacial score (nSPS) is 15.0. The Kier molecular flexibility index (Phi) is 3.59. The first-order chi connectivity index (χ1) is 10.0. The zero-order valence-corrected chi connectivity index (χ0v) is 11.9. The zero-order valence-electron chi connectivity index (χ0n) is 11.9. The van der Waals surface area contributed by atoms with Crippen LogP contribution in [0.3, 0.4) is 0 Å². The molecule has 2 heterocycles. The summed E-state index contributed by atoms with van der Waals surface area (Å²) in [5, 5.41) is 3.85. The number of rotatable bonds is 3. The van der Waals surface area contributed by atoms with Crippen LogP contribution in [0.4, 0.5) is 14.7 Å². The molecule has 21 heavy (non-hydrogen) atoms. The summed E-state index contributed by atoms with van der Waals surface area (Å²) in [5.41, 5.74) is 1.29. The molecule has 0 saturated carbocycles. The van der Waals surface area contributed by atoms with Gasteiger partial charge in [0.25, 0.3) is 5.95 Å². The van der Waals surface area contributed by atoms with Crippen molar-refractivity contribution in [1.29, 1.82) is 0 Å². The molecule has 0 aliphatic carbocycles. The van der Waals surface area contributed by atoms with E-state index in [0.29, 0.717) is 49.0 Å². The number of hydrogen-bond acceptors (Lipinski definition) is 5. The lowest BCUT2D eigenvalue weighted by Crippen LogP contribution is -2.31. The van der Waals surface area contributed by atoms with Crippen LogP contribution >= 0.6 is 0 Å². The maximum Gasteiger partial charge on any atom is 0.265 e. The van der Waals surface area contributed by atoms with Crippen molar-refractivity contribution in [2.75, 3.05) is 25.5 Å². The molecule has 1 aromatic carbocycles. The van der Waals surface area contributed by atoms with Crippen molar-refractivity contribution >= 4 is 5.95 Å². The predicted molar refractivity (Wildman–Crippen MR) is 72.8 cm³/mol.